The lowest BCUT2D eigenvalue weighted by atomic mass is 9.89. The summed E-state index contributed by atoms with van der Waals surface area (Å²) in [5.74, 6) is -0.983. The van der Waals surface area contributed by atoms with E-state index < -0.39 is 5.97 Å². The van der Waals surface area contributed by atoms with Crippen LogP contribution >= 0.6 is 11.3 Å². The van der Waals surface area contributed by atoms with E-state index in [2.05, 4.69) is 4.90 Å². The van der Waals surface area contributed by atoms with Gasteiger partial charge in [0.05, 0.1) is 10.8 Å². The lowest BCUT2D eigenvalue weighted by Crippen LogP contribution is -2.32. The van der Waals surface area contributed by atoms with Crippen LogP contribution in [-0.4, -0.2) is 33.0 Å². The van der Waals surface area contributed by atoms with E-state index in [1.54, 1.807) is 6.07 Å². The van der Waals surface area contributed by atoms with Gasteiger partial charge in [0.1, 0.15) is 0 Å². The molecule has 0 radical (unpaired) electrons. The van der Waals surface area contributed by atoms with E-state index in [0.29, 0.717) is 19.0 Å². The van der Waals surface area contributed by atoms with E-state index in [-0.39, 0.29) is 21.9 Å². The molecule has 3 atom stereocenters. The lowest BCUT2D eigenvalue weighted by molar-refractivity contribution is -0.380. The molecule has 6 nitrogen and oxygen atoms in total. The average molecular weight is 282 g/mol. The standard InChI is InChI=1S/C12H14N2O4S/c15-12(16)9-5-7-1-3-10(9)13(7)6-8-2-4-11(19-8)14(17)18/h2,4,7,9-10H,1,3,5-6H2,(H,15,16). The molecule has 7 heteroatoms. The molecular weight excluding hydrogens is 268 g/mol. The number of thiophene rings is 1. The molecule has 2 aliphatic rings. The summed E-state index contributed by atoms with van der Waals surface area (Å²) in [6, 6.07) is 3.72. The van der Waals surface area contributed by atoms with Crippen molar-refractivity contribution in [2.24, 2.45) is 5.92 Å². The van der Waals surface area contributed by atoms with E-state index in [9.17, 15) is 20.0 Å². The number of carboxylic acid groups (broad SMARTS) is 1. The highest BCUT2D eigenvalue weighted by atomic mass is 32.1. The Kier molecular flexibility index (Phi) is 3.02. The minimum atomic E-state index is -0.714. The Bertz CT molecular complexity index is 530. The van der Waals surface area contributed by atoms with Gasteiger partial charge in [-0.05, 0) is 25.3 Å². The molecule has 2 fully saturated rings. The first-order valence-corrected chi connectivity index (χ1v) is 7.09. The van der Waals surface area contributed by atoms with Gasteiger partial charge in [-0.25, -0.2) is 0 Å². The van der Waals surface area contributed by atoms with Crippen LogP contribution in [0.5, 0.6) is 0 Å². The SMILES string of the molecule is O=C(O)C1CC2CCC1N2Cc1ccc([N+](=O)[O-])s1. The summed E-state index contributed by atoms with van der Waals surface area (Å²) in [5, 5.41) is 20.0. The van der Waals surface area contributed by atoms with Gasteiger partial charge < -0.3 is 5.11 Å². The normalized spacial score (nSPS) is 29.8. The summed E-state index contributed by atoms with van der Waals surface area (Å²) >= 11 is 1.18. The van der Waals surface area contributed by atoms with Gasteiger partial charge in [-0.1, -0.05) is 11.3 Å². The van der Waals surface area contributed by atoms with Crippen LogP contribution in [0.4, 0.5) is 5.00 Å². The highest BCUT2D eigenvalue weighted by molar-refractivity contribution is 7.15. The van der Waals surface area contributed by atoms with Crippen molar-refractivity contribution in [3.8, 4) is 0 Å². The Morgan fingerprint density at radius 2 is 2.32 bits per heavy atom. The third kappa shape index (κ3) is 2.12. The Labute approximate surface area is 113 Å². The molecule has 0 saturated carbocycles. The Morgan fingerprint density at radius 3 is 2.89 bits per heavy atom. The van der Waals surface area contributed by atoms with Crippen molar-refractivity contribution in [2.45, 2.75) is 37.9 Å². The molecule has 1 N–H and O–H groups in total. The summed E-state index contributed by atoms with van der Waals surface area (Å²) < 4.78 is 0. The molecule has 3 heterocycles. The number of carbonyl (C=O) groups is 1. The van der Waals surface area contributed by atoms with Crippen molar-refractivity contribution in [1.29, 1.82) is 0 Å². The highest BCUT2D eigenvalue weighted by Crippen LogP contribution is 2.43. The monoisotopic (exact) mass is 282 g/mol. The van der Waals surface area contributed by atoms with Crippen molar-refractivity contribution in [2.75, 3.05) is 0 Å². The van der Waals surface area contributed by atoms with Gasteiger partial charge in [-0.2, -0.15) is 0 Å². The molecule has 2 bridgehead atoms. The van der Waals surface area contributed by atoms with Crippen LogP contribution in [0.2, 0.25) is 0 Å². The molecule has 19 heavy (non-hydrogen) atoms. The summed E-state index contributed by atoms with van der Waals surface area (Å²) in [5.41, 5.74) is 0. The smallest absolute Gasteiger partial charge is 0.324 e. The first kappa shape index (κ1) is 12.6. The van der Waals surface area contributed by atoms with Crippen molar-refractivity contribution in [3.63, 3.8) is 0 Å². The fourth-order valence-electron chi connectivity index (χ4n) is 3.34. The van der Waals surface area contributed by atoms with E-state index in [1.807, 2.05) is 0 Å². The topological polar surface area (TPSA) is 83.7 Å². The molecular formula is C12H14N2O4S. The number of fused-ring (bicyclic) bond motifs is 2. The zero-order valence-electron chi connectivity index (χ0n) is 10.2. The van der Waals surface area contributed by atoms with Crippen molar-refractivity contribution >= 4 is 22.3 Å². The molecule has 0 amide bonds. The molecule has 102 valence electrons. The summed E-state index contributed by atoms with van der Waals surface area (Å²) in [7, 11) is 0. The van der Waals surface area contributed by atoms with Gasteiger partial charge in [0.2, 0.25) is 0 Å². The van der Waals surface area contributed by atoms with Crippen molar-refractivity contribution < 1.29 is 14.8 Å². The van der Waals surface area contributed by atoms with Crippen LogP contribution in [0.1, 0.15) is 24.1 Å². The minimum absolute atomic E-state index is 0.101. The maximum atomic E-state index is 11.2. The second-order valence-corrected chi connectivity index (χ2v) is 6.30. The van der Waals surface area contributed by atoms with Crippen LogP contribution in [0.25, 0.3) is 0 Å². The number of carboxylic acids is 1. The maximum absolute atomic E-state index is 11.2. The number of aliphatic carboxylic acids is 1. The molecule has 0 spiro atoms. The van der Waals surface area contributed by atoms with Gasteiger partial charge in [-0.15, -0.1) is 0 Å². The van der Waals surface area contributed by atoms with Crippen LogP contribution in [0.3, 0.4) is 0 Å². The van der Waals surface area contributed by atoms with Crippen LogP contribution in [-0.2, 0) is 11.3 Å². The molecule has 2 saturated heterocycles. The summed E-state index contributed by atoms with van der Waals surface area (Å²) in [6.07, 6.45) is 2.69. The first-order valence-electron chi connectivity index (χ1n) is 6.28. The number of rotatable bonds is 4. The van der Waals surface area contributed by atoms with Gasteiger partial charge in [0, 0.05) is 29.6 Å². The van der Waals surface area contributed by atoms with Gasteiger partial charge in [0.25, 0.3) is 0 Å². The van der Waals surface area contributed by atoms with Crippen LogP contribution < -0.4 is 0 Å². The fourth-order valence-corrected chi connectivity index (χ4v) is 4.17. The van der Waals surface area contributed by atoms with Crippen molar-refractivity contribution in [3.05, 3.63) is 27.1 Å². The molecule has 1 aromatic heterocycles. The molecule has 0 aliphatic carbocycles. The van der Waals surface area contributed by atoms with E-state index in [0.717, 1.165) is 17.7 Å². The third-order valence-corrected chi connectivity index (χ3v) is 5.19. The second-order valence-electron chi connectivity index (χ2n) is 5.15. The number of hydrogen-bond acceptors (Lipinski definition) is 5. The zero-order valence-corrected chi connectivity index (χ0v) is 11.0. The Balaban J connectivity index is 1.73. The molecule has 3 unspecified atom stereocenters. The molecule has 0 aromatic carbocycles. The van der Waals surface area contributed by atoms with E-state index in [4.69, 9.17) is 0 Å². The first-order chi connectivity index (χ1) is 9.06. The maximum Gasteiger partial charge on any atom is 0.324 e. The quantitative estimate of drug-likeness (QED) is 0.675. The number of hydrogen-bond donors (Lipinski definition) is 1. The summed E-state index contributed by atoms with van der Waals surface area (Å²) in [4.78, 5) is 24.6. The largest absolute Gasteiger partial charge is 0.481 e. The third-order valence-electron chi connectivity index (χ3n) is 4.16. The zero-order chi connectivity index (χ0) is 13.6. The van der Waals surface area contributed by atoms with Gasteiger partial charge in [-0.3, -0.25) is 19.8 Å². The number of nitro groups is 1. The minimum Gasteiger partial charge on any atom is -0.481 e. The average Bonchev–Trinajstić information content (AvgIpc) is 3.05. The Morgan fingerprint density at radius 1 is 1.53 bits per heavy atom. The van der Waals surface area contributed by atoms with Crippen LogP contribution in [0.15, 0.2) is 12.1 Å². The predicted molar refractivity (Wildman–Crippen MR) is 69.1 cm³/mol. The van der Waals surface area contributed by atoms with Gasteiger partial charge >= 0.3 is 11.0 Å². The molecule has 3 rings (SSSR count). The molecule has 1 aromatic rings. The van der Waals surface area contributed by atoms with E-state index >= 15 is 0 Å². The lowest BCUT2D eigenvalue weighted by Gasteiger charge is -2.21. The summed E-state index contributed by atoms with van der Waals surface area (Å²) in [6.45, 7) is 0.637. The second kappa shape index (κ2) is 4.57. The van der Waals surface area contributed by atoms with Crippen LogP contribution in [0, 0.1) is 16.0 Å². The Hall–Kier alpha value is -1.47. The van der Waals surface area contributed by atoms with Gasteiger partial charge in [0.15, 0.2) is 0 Å². The van der Waals surface area contributed by atoms with Crippen molar-refractivity contribution in [1.82, 2.24) is 4.90 Å². The fraction of sp³-hybridized carbons (Fsp3) is 0.583. The number of nitrogens with zero attached hydrogens (tertiary/aromatic N) is 2. The predicted octanol–water partition coefficient (Wildman–Crippen LogP) is 2.09. The highest BCUT2D eigenvalue weighted by Gasteiger charge is 2.49. The van der Waals surface area contributed by atoms with E-state index in [1.165, 1.54) is 17.4 Å². The molecule has 2 aliphatic heterocycles.